The Bertz CT molecular complexity index is 269. The Balaban J connectivity index is 2.07. The van der Waals surface area contributed by atoms with Gasteiger partial charge in [-0.2, -0.15) is 0 Å². The molecule has 0 aromatic heterocycles. The highest BCUT2D eigenvalue weighted by Crippen LogP contribution is 2.48. The SMILES string of the molecule is COC(C(C)C=O)C1CC2CC2N1C=O. The number of fused-ring (bicyclic) bond motifs is 1. The van der Waals surface area contributed by atoms with Crippen LogP contribution in [0.5, 0.6) is 0 Å². The van der Waals surface area contributed by atoms with Crippen molar-refractivity contribution in [1.82, 2.24) is 4.90 Å². The fourth-order valence-corrected chi connectivity index (χ4v) is 2.79. The van der Waals surface area contributed by atoms with Crippen LogP contribution in [-0.2, 0) is 14.3 Å². The van der Waals surface area contributed by atoms with Crippen LogP contribution in [0.4, 0.5) is 0 Å². The van der Waals surface area contributed by atoms with Crippen LogP contribution in [0.2, 0.25) is 0 Å². The van der Waals surface area contributed by atoms with Gasteiger partial charge in [0, 0.05) is 19.1 Å². The lowest BCUT2D eigenvalue weighted by molar-refractivity contribution is -0.126. The van der Waals surface area contributed by atoms with E-state index in [0.29, 0.717) is 12.0 Å². The summed E-state index contributed by atoms with van der Waals surface area (Å²) in [6, 6.07) is 0.514. The van der Waals surface area contributed by atoms with Crippen LogP contribution < -0.4 is 0 Å². The van der Waals surface area contributed by atoms with Crippen LogP contribution in [-0.4, -0.2) is 42.9 Å². The van der Waals surface area contributed by atoms with E-state index >= 15 is 0 Å². The van der Waals surface area contributed by atoms with Crippen molar-refractivity contribution >= 4 is 12.7 Å². The normalized spacial score (nSPS) is 36.9. The van der Waals surface area contributed by atoms with Crippen molar-refractivity contribution in [3.8, 4) is 0 Å². The van der Waals surface area contributed by atoms with Crippen LogP contribution in [0.25, 0.3) is 0 Å². The molecule has 5 unspecified atom stereocenters. The maximum atomic E-state index is 11.0. The molecule has 15 heavy (non-hydrogen) atoms. The van der Waals surface area contributed by atoms with Crippen LogP contribution in [0.15, 0.2) is 0 Å². The Morgan fingerprint density at radius 3 is 2.67 bits per heavy atom. The number of ether oxygens (including phenoxy) is 1. The number of aldehydes is 1. The molecule has 0 radical (unpaired) electrons. The van der Waals surface area contributed by atoms with Crippen molar-refractivity contribution in [2.45, 2.75) is 38.0 Å². The highest BCUT2D eigenvalue weighted by atomic mass is 16.5. The Labute approximate surface area is 89.6 Å². The Hall–Kier alpha value is -0.900. The molecule has 0 N–H and O–H groups in total. The number of hydrogen-bond donors (Lipinski definition) is 0. The number of carbonyl (C=O) groups is 2. The van der Waals surface area contributed by atoms with Crippen LogP contribution >= 0.6 is 0 Å². The summed E-state index contributed by atoms with van der Waals surface area (Å²) in [5.74, 6) is 0.497. The van der Waals surface area contributed by atoms with E-state index in [1.807, 2.05) is 11.8 Å². The molecule has 1 saturated heterocycles. The summed E-state index contributed by atoms with van der Waals surface area (Å²) in [6.07, 6.45) is 3.77. The highest BCUT2D eigenvalue weighted by molar-refractivity contribution is 5.56. The number of amides is 1. The first-order valence-electron chi connectivity index (χ1n) is 5.43. The molecule has 2 aliphatic rings. The van der Waals surface area contributed by atoms with E-state index in [0.717, 1.165) is 25.5 Å². The predicted molar refractivity (Wildman–Crippen MR) is 54.2 cm³/mol. The van der Waals surface area contributed by atoms with Gasteiger partial charge in [0.2, 0.25) is 6.41 Å². The third-order valence-corrected chi connectivity index (χ3v) is 3.70. The summed E-state index contributed by atoms with van der Waals surface area (Å²) >= 11 is 0. The summed E-state index contributed by atoms with van der Waals surface area (Å²) in [4.78, 5) is 23.6. The molecule has 1 saturated carbocycles. The standard InChI is InChI=1S/C11H17NO3/c1-7(5-13)11(15-2)10-4-8-3-9(8)12(10)6-14/h5-11H,3-4H2,1-2H3. The average Bonchev–Trinajstić information content (AvgIpc) is 2.92. The van der Waals surface area contributed by atoms with Gasteiger partial charge in [-0.1, -0.05) is 6.92 Å². The summed E-state index contributed by atoms with van der Waals surface area (Å²) in [7, 11) is 1.61. The third-order valence-electron chi connectivity index (χ3n) is 3.70. The molecule has 2 rings (SSSR count). The number of nitrogens with zero attached hydrogens (tertiary/aromatic N) is 1. The lowest BCUT2D eigenvalue weighted by atomic mass is 9.96. The molecule has 0 spiro atoms. The van der Waals surface area contributed by atoms with E-state index in [9.17, 15) is 9.59 Å². The number of hydrogen-bond acceptors (Lipinski definition) is 3. The molecule has 0 aromatic carbocycles. The first kappa shape index (κ1) is 10.6. The van der Waals surface area contributed by atoms with Gasteiger partial charge in [0.25, 0.3) is 0 Å². The fraction of sp³-hybridized carbons (Fsp3) is 0.818. The molecule has 5 atom stereocenters. The quantitative estimate of drug-likeness (QED) is 0.620. The fourth-order valence-electron chi connectivity index (χ4n) is 2.79. The lowest BCUT2D eigenvalue weighted by Crippen LogP contribution is -2.45. The van der Waals surface area contributed by atoms with Gasteiger partial charge in [-0.25, -0.2) is 0 Å². The van der Waals surface area contributed by atoms with Crippen molar-refractivity contribution in [3.05, 3.63) is 0 Å². The first-order valence-corrected chi connectivity index (χ1v) is 5.43. The van der Waals surface area contributed by atoms with E-state index in [1.165, 1.54) is 0 Å². The first-order chi connectivity index (χ1) is 7.22. The van der Waals surface area contributed by atoms with Gasteiger partial charge in [-0.15, -0.1) is 0 Å². The molecule has 0 bridgehead atoms. The minimum Gasteiger partial charge on any atom is -0.379 e. The van der Waals surface area contributed by atoms with Gasteiger partial charge < -0.3 is 14.4 Å². The zero-order chi connectivity index (χ0) is 11.0. The molecule has 4 nitrogen and oxygen atoms in total. The molecular weight excluding hydrogens is 194 g/mol. The highest BCUT2D eigenvalue weighted by Gasteiger charge is 2.54. The van der Waals surface area contributed by atoms with Gasteiger partial charge in [0.15, 0.2) is 0 Å². The van der Waals surface area contributed by atoms with Crippen LogP contribution in [0, 0.1) is 11.8 Å². The van der Waals surface area contributed by atoms with Crippen molar-refractivity contribution in [2.24, 2.45) is 11.8 Å². The lowest BCUT2D eigenvalue weighted by Gasteiger charge is -2.32. The van der Waals surface area contributed by atoms with Gasteiger partial charge in [0.05, 0.1) is 12.1 Å². The summed E-state index contributed by atoms with van der Waals surface area (Å²) in [5, 5.41) is 0. The smallest absolute Gasteiger partial charge is 0.210 e. The zero-order valence-electron chi connectivity index (χ0n) is 9.13. The Morgan fingerprint density at radius 2 is 2.13 bits per heavy atom. The largest absolute Gasteiger partial charge is 0.379 e. The van der Waals surface area contributed by atoms with E-state index in [-0.39, 0.29) is 18.1 Å². The summed E-state index contributed by atoms with van der Waals surface area (Å²) in [6.45, 7) is 1.84. The van der Waals surface area contributed by atoms with Gasteiger partial charge in [-0.3, -0.25) is 4.79 Å². The number of methoxy groups -OCH3 is 1. The molecule has 2 fully saturated rings. The molecule has 1 amide bonds. The number of piperidine rings is 1. The van der Waals surface area contributed by atoms with Crippen molar-refractivity contribution in [1.29, 1.82) is 0 Å². The Kier molecular flexibility index (Phi) is 2.78. The van der Waals surface area contributed by atoms with Crippen LogP contribution in [0.1, 0.15) is 19.8 Å². The average molecular weight is 211 g/mol. The Morgan fingerprint density at radius 1 is 1.40 bits per heavy atom. The van der Waals surface area contributed by atoms with E-state index in [4.69, 9.17) is 4.74 Å². The maximum Gasteiger partial charge on any atom is 0.210 e. The van der Waals surface area contributed by atoms with Crippen molar-refractivity contribution in [2.75, 3.05) is 7.11 Å². The van der Waals surface area contributed by atoms with E-state index in [2.05, 4.69) is 0 Å². The maximum absolute atomic E-state index is 11.0. The van der Waals surface area contributed by atoms with E-state index < -0.39 is 0 Å². The number of carbonyl (C=O) groups excluding carboxylic acids is 2. The van der Waals surface area contributed by atoms with Gasteiger partial charge in [0.1, 0.15) is 6.29 Å². The third kappa shape index (κ3) is 1.67. The molecule has 0 aromatic rings. The molecular formula is C11H17NO3. The summed E-state index contributed by atoms with van der Waals surface area (Å²) < 4.78 is 5.36. The molecule has 1 heterocycles. The zero-order valence-corrected chi connectivity index (χ0v) is 9.13. The number of likely N-dealkylation sites (tertiary alicyclic amines) is 1. The van der Waals surface area contributed by atoms with Gasteiger partial charge >= 0.3 is 0 Å². The van der Waals surface area contributed by atoms with Crippen LogP contribution in [0.3, 0.4) is 0 Å². The van der Waals surface area contributed by atoms with Crippen molar-refractivity contribution < 1.29 is 14.3 Å². The topological polar surface area (TPSA) is 46.6 Å². The predicted octanol–water partition coefficient (Wildman–Crippen LogP) is 0.456. The minimum absolute atomic E-state index is 0.0939. The molecule has 84 valence electrons. The minimum atomic E-state index is -0.153. The van der Waals surface area contributed by atoms with Gasteiger partial charge in [-0.05, 0) is 18.8 Å². The molecule has 1 aliphatic heterocycles. The number of rotatable bonds is 5. The second-order valence-electron chi connectivity index (χ2n) is 4.61. The van der Waals surface area contributed by atoms with E-state index in [1.54, 1.807) is 7.11 Å². The monoisotopic (exact) mass is 211 g/mol. The van der Waals surface area contributed by atoms with Crippen molar-refractivity contribution in [3.63, 3.8) is 0 Å². The second kappa shape index (κ2) is 3.93. The molecule has 1 aliphatic carbocycles. The summed E-state index contributed by atoms with van der Waals surface area (Å²) in [5.41, 5.74) is 0. The molecule has 4 heteroatoms. The second-order valence-corrected chi connectivity index (χ2v) is 4.61.